The van der Waals surface area contributed by atoms with E-state index in [1.807, 2.05) is 0 Å². The third-order valence-corrected chi connectivity index (χ3v) is 6.85. The second kappa shape index (κ2) is 14.4. The molecule has 2 heterocycles. The van der Waals surface area contributed by atoms with Gasteiger partial charge in [0.1, 0.15) is 29.1 Å². The zero-order chi connectivity index (χ0) is 31.8. The van der Waals surface area contributed by atoms with Gasteiger partial charge in [-0.25, -0.2) is 19.6 Å². The number of guanidine groups is 1. The van der Waals surface area contributed by atoms with E-state index < -0.39 is 18.0 Å². The fraction of sp³-hybridized carbons (Fsp3) is 0.207. The van der Waals surface area contributed by atoms with Gasteiger partial charge in [-0.15, -0.1) is 0 Å². The van der Waals surface area contributed by atoms with Gasteiger partial charge in [-0.05, 0) is 62.2 Å². The number of para-hydroxylation sites is 1. The lowest BCUT2D eigenvalue weighted by Crippen LogP contribution is -2.31. The van der Waals surface area contributed by atoms with Crippen LogP contribution < -0.4 is 27.4 Å². The normalized spacial score (nSPS) is 11.4. The zero-order valence-electron chi connectivity index (χ0n) is 23.5. The third kappa shape index (κ3) is 8.30. The molecule has 0 aliphatic rings. The van der Waals surface area contributed by atoms with Gasteiger partial charge >= 0.3 is 11.9 Å². The van der Waals surface area contributed by atoms with E-state index in [1.54, 1.807) is 55.5 Å². The molecular formula is C29H30Cl2N8O5. The van der Waals surface area contributed by atoms with Crippen LogP contribution >= 0.6 is 23.2 Å². The number of aliphatic carboxylic acids is 1. The summed E-state index contributed by atoms with van der Waals surface area (Å²) in [5.74, 6) is -0.653. The molecule has 0 saturated heterocycles. The van der Waals surface area contributed by atoms with Crippen LogP contribution in [0.25, 0.3) is 11.3 Å². The number of carboxylic acids is 2. The maximum atomic E-state index is 12.2. The number of anilines is 4. The summed E-state index contributed by atoms with van der Waals surface area (Å²) < 4.78 is 6.01. The Morgan fingerprint density at radius 3 is 2.52 bits per heavy atom. The molecule has 44 heavy (non-hydrogen) atoms. The molecule has 0 fully saturated rings. The highest BCUT2D eigenvalue weighted by Gasteiger charge is 2.23. The summed E-state index contributed by atoms with van der Waals surface area (Å²) in [4.78, 5) is 36.9. The number of halogens is 2. The van der Waals surface area contributed by atoms with Crippen molar-refractivity contribution in [2.45, 2.75) is 32.4 Å². The van der Waals surface area contributed by atoms with E-state index in [9.17, 15) is 19.8 Å². The Morgan fingerprint density at radius 1 is 1.05 bits per heavy atom. The van der Waals surface area contributed by atoms with Crippen LogP contribution in [0.5, 0.6) is 0 Å². The Labute approximate surface area is 262 Å². The number of carbonyl (C=O) groups is 2. The number of aliphatic imine (C=N–C) groups is 1. The van der Waals surface area contributed by atoms with E-state index in [4.69, 9.17) is 39.1 Å². The first kappa shape index (κ1) is 31.9. The molecule has 0 aliphatic heterocycles. The fourth-order valence-electron chi connectivity index (χ4n) is 4.25. The molecule has 0 saturated carbocycles. The Balaban J connectivity index is 1.68. The first-order chi connectivity index (χ1) is 21.0. The van der Waals surface area contributed by atoms with Crippen LogP contribution in [-0.4, -0.2) is 50.7 Å². The molecule has 15 heteroatoms. The third-order valence-electron chi connectivity index (χ3n) is 6.28. The van der Waals surface area contributed by atoms with E-state index in [2.05, 4.69) is 30.9 Å². The summed E-state index contributed by atoms with van der Waals surface area (Å²) in [5, 5.41) is 29.9. The number of aryl methyl sites for hydroxylation is 1. The van der Waals surface area contributed by atoms with Crippen LogP contribution in [0.3, 0.4) is 0 Å². The van der Waals surface area contributed by atoms with Crippen molar-refractivity contribution in [1.29, 1.82) is 0 Å². The number of nitrogens with one attached hydrogen (secondary N) is 3. The Hall–Kier alpha value is -5.01. The predicted molar refractivity (Wildman–Crippen MR) is 170 cm³/mol. The van der Waals surface area contributed by atoms with Gasteiger partial charge in [0.15, 0.2) is 17.6 Å². The number of aromatic carboxylic acids is 1. The van der Waals surface area contributed by atoms with E-state index in [0.29, 0.717) is 39.4 Å². The predicted octanol–water partition coefficient (Wildman–Crippen LogP) is 5.32. The first-order valence-electron chi connectivity index (χ1n) is 13.3. The van der Waals surface area contributed by atoms with Crippen LogP contribution in [0.2, 0.25) is 10.0 Å². The second-order valence-corrected chi connectivity index (χ2v) is 10.4. The SMILES string of the molecule is Cc1nc(Nc2ccccc2C(=O)O)c(NCc2ccc(-c3cc(Cl)ccc3Cl)o2)c(NC(CCCN=C(N)N)C(=O)O)n1. The molecule has 230 valence electrons. The monoisotopic (exact) mass is 640 g/mol. The van der Waals surface area contributed by atoms with Crippen LogP contribution in [0, 0.1) is 6.92 Å². The number of aromatic nitrogens is 2. The van der Waals surface area contributed by atoms with Crippen molar-refractivity contribution < 1.29 is 24.2 Å². The number of furan rings is 1. The topological polar surface area (TPSA) is 214 Å². The van der Waals surface area contributed by atoms with E-state index in [1.165, 1.54) is 6.07 Å². The highest BCUT2D eigenvalue weighted by Crippen LogP contribution is 2.34. The number of rotatable bonds is 14. The molecule has 13 nitrogen and oxygen atoms in total. The molecule has 1 unspecified atom stereocenters. The lowest BCUT2D eigenvalue weighted by Gasteiger charge is -2.21. The van der Waals surface area contributed by atoms with Crippen molar-refractivity contribution in [1.82, 2.24) is 9.97 Å². The number of benzene rings is 2. The maximum absolute atomic E-state index is 12.2. The zero-order valence-corrected chi connectivity index (χ0v) is 25.0. The van der Waals surface area contributed by atoms with E-state index >= 15 is 0 Å². The number of hydrogen-bond donors (Lipinski definition) is 7. The average Bonchev–Trinajstić information content (AvgIpc) is 3.44. The van der Waals surface area contributed by atoms with Crippen molar-refractivity contribution >= 4 is 64.1 Å². The van der Waals surface area contributed by atoms with Gasteiger partial charge in [-0.1, -0.05) is 35.3 Å². The van der Waals surface area contributed by atoms with Gasteiger partial charge in [-0.2, -0.15) is 0 Å². The number of carboxylic acid groups (broad SMARTS) is 2. The summed E-state index contributed by atoms with van der Waals surface area (Å²) >= 11 is 12.5. The molecular weight excluding hydrogens is 611 g/mol. The molecule has 4 rings (SSSR count). The largest absolute Gasteiger partial charge is 0.480 e. The number of hydrogen-bond acceptors (Lipinski definition) is 9. The molecule has 2 aromatic carbocycles. The smallest absolute Gasteiger partial charge is 0.337 e. The van der Waals surface area contributed by atoms with Crippen LogP contribution in [0.1, 0.15) is 34.8 Å². The Kier molecular flexibility index (Phi) is 10.5. The number of nitrogens with zero attached hydrogens (tertiary/aromatic N) is 3. The molecule has 1 atom stereocenters. The van der Waals surface area contributed by atoms with Crippen LogP contribution in [0.4, 0.5) is 23.0 Å². The standard InChI is InChI=1S/C29H30Cl2N8O5/c1-15-36-25(38-21-6-3-2-5-18(21)27(40)41)24(26(37-15)39-22(28(42)43)7-4-12-34-29(32)33)35-14-17-9-11-23(44-17)19-13-16(30)8-10-20(19)31/h2-3,5-6,8-11,13,22,35H,4,7,12,14H2,1H3,(H,40,41)(H,42,43)(H4,32,33,34)(H2,36,37,38,39). The average molecular weight is 642 g/mol. The van der Waals surface area contributed by atoms with Gasteiger partial charge < -0.3 is 42.0 Å². The highest BCUT2D eigenvalue weighted by atomic mass is 35.5. The minimum atomic E-state index is -1.14. The minimum absolute atomic E-state index is 0.0152. The van der Waals surface area contributed by atoms with Crippen LogP contribution in [-0.2, 0) is 11.3 Å². The molecule has 0 aliphatic carbocycles. The van der Waals surface area contributed by atoms with E-state index in [-0.39, 0.29) is 54.0 Å². The molecule has 0 spiro atoms. The van der Waals surface area contributed by atoms with Gasteiger partial charge in [0.25, 0.3) is 0 Å². The fourth-order valence-corrected chi connectivity index (χ4v) is 4.63. The quantitative estimate of drug-likeness (QED) is 0.0529. The number of nitrogens with two attached hydrogens (primary N) is 2. The van der Waals surface area contributed by atoms with Crippen molar-refractivity contribution in [2.75, 3.05) is 22.5 Å². The van der Waals surface area contributed by atoms with Crippen LogP contribution in [0.15, 0.2) is 64.0 Å². The van der Waals surface area contributed by atoms with E-state index in [0.717, 1.165) is 0 Å². The first-order valence-corrected chi connectivity index (χ1v) is 14.1. The molecule has 9 N–H and O–H groups in total. The molecule has 0 amide bonds. The second-order valence-electron chi connectivity index (χ2n) is 9.55. The maximum Gasteiger partial charge on any atom is 0.337 e. The molecule has 0 radical (unpaired) electrons. The lowest BCUT2D eigenvalue weighted by molar-refractivity contribution is -0.138. The Bertz CT molecular complexity index is 1690. The minimum Gasteiger partial charge on any atom is -0.480 e. The Morgan fingerprint density at radius 2 is 1.80 bits per heavy atom. The molecule has 2 aromatic heterocycles. The summed E-state index contributed by atoms with van der Waals surface area (Å²) in [5.41, 5.74) is 11.9. The van der Waals surface area contributed by atoms with Gasteiger partial charge in [0.2, 0.25) is 0 Å². The summed E-state index contributed by atoms with van der Waals surface area (Å²) in [6, 6.07) is 13.8. The van der Waals surface area contributed by atoms with Crippen molar-refractivity contribution in [3.8, 4) is 11.3 Å². The van der Waals surface area contributed by atoms with Gasteiger partial charge in [0.05, 0.1) is 22.8 Å². The lowest BCUT2D eigenvalue weighted by atomic mass is 10.1. The molecule has 4 aromatic rings. The summed E-state index contributed by atoms with van der Waals surface area (Å²) in [6.45, 7) is 2.00. The van der Waals surface area contributed by atoms with Crippen molar-refractivity contribution in [2.24, 2.45) is 16.5 Å². The van der Waals surface area contributed by atoms with Crippen molar-refractivity contribution in [3.63, 3.8) is 0 Å². The summed E-state index contributed by atoms with van der Waals surface area (Å²) in [7, 11) is 0. The van der Waals surface area contributed by atoms with Gasteiger partial charge in [-0.3, -0.25) is 4.99 Å². The van der Waals surface area contributed by atoms with Crippen molar-refractivity contribution in [3.05, 3.63) is 81.8 Å². The summed E-state index contributed by atoms with van der Waals surface area (Å²) in [6.07, 6.45) is 0.564. The highest BCUT2D eigenvalue weighted by molar-refractivity contribution is 6.35. The van der Waals surface area contributed by atoms with Gasteiger partial charge in [0, 0.05) is 17.1 Å². The molecule has 0 bridgehead atoms.